The fourth-order valence-electron chi connectivity index (χ4n) is 2.01. The summed E-state index contributed by atoms with van der Waals surface area (Å²) < 4.78 is 5.82. The predicted octanol–water partition coefficient (Wildman–Crippen LogP) is 4.07. The molecule has 19 heavy (non-hydrogen) atoms. The van der Waals surface area contributed by atoms with Gasteiger partial charge in [0.15, 0.2) is 4.73 Å². The highest BCUT2D eigenvalue weighted by atomic mass is 79.9. The molecule has 2 aromatic carbocycles. The second kappa shape index (κ2) is 4.97. The Hall–Kier alpha value is -1.94. The number of benzene rings is 2. The lowest BCUT2D eigenvalue weighted by Crippen LogP contribution is -1.87. The third-order valence-electron chi connectivity index (χ3n) is 2.97. The minimum absolute atomic E-state index is 0.597. The Bertz CT molecular complexity index is 743. The zero-order valence-corrected chi connectivity index (χ0v) is 11.9. The van der Waals surface area contributed by atoms with Crippen molar-refractivity contribution in [3.8, 4) is 17.0 Å². The fourth-order valence-corrected chi connectivity index (χ4v) is 2.32. The topological polar surface area (TPSA) is 35.0 Å². The van der Waals surface area contributed by atoms with E-state index in [1.165, 1.54) is 0 Å². The number of hydrogen-bond donors (Lipinski definition) is 0. The van der Waals surface area contributed by atoms with Gasteiger partial charge in [-0.1, -0.05) is 18.2 Å². The average Bonchev–Trinajstić information content (AvgIpc) is 2.46. The van der Waals surface area contributed by atoms with E-state index in [4.69, 9.17) is 4.74 Å². The summed E-state index contributed by atoms with van der Waals surface area (Å²) in [4.78, 5) is 8.40. The van der Waals surface area contributed by atoms with Crippen LogP contribution in [0.5, 0.6) is 5.75 Å². The first-order valence-corrected chi connectivity index (χ1v) is 6.62. The van der Waals surface area contributed by atoms with Crippen LogP contribution in [0.4, 0.5) is 0 Å². The molecule has 1 aromatic heterocycles. The minimum atomic E-state index is 0.597. The normalized spacial score (nSPS) is 10.6. The molecule has 0 spiro atoms. The van der Waals surface area contributed by atoms with E-state index < -0.39 is 0 Å². The van der Waals surface area contributed by atoms with Crippen LogP contribution in [0.15, 0.2) is 53.4 Å². The Morgan fingerprint density at radius 2 is 1.79 bits per heavy atom. The highest BCUT2D eigenvalue weighted by molar-refractivity contribution is 9.10. The molecule has 3 rings (SSSR count). The van der Waals surface area contributed by atoms with Crippen molar-refractivity contribution in [2.45, 2.75) is 0 Å². The van der Waals surface area contributed by atoms with Crippen LogP contribution in [0.3, 0.4) is 0 Å². The molecule has 4 heteroatoms. The molecule has 0 aliphatic heterocycles. The Labute approximate surface area is 119 Å². The summed E-state index contributed by atoms with van der Waals surface area (Å²) >= 11 is 3.29. The second-order valence-corrected chi connectivity index (χ2v) is 4.85. The Kier molecular flexibility index (Phi) is 3.17. The molecule has 0 atom stereocenters. The molecule has 1 heterocycles. The number of halogens is 1. The predicted molar refractivity (Wildman–Crippen MR) is 79.2 cm³/mol. The molecule has 0 N–H and O–H groups in total. The van der Waals surface area contributed by atoms with E-state index in [2.05, 4.69) is 44.1 Å². The number of fused-ring (bicyclic) bond motifs is 1. The maximum atomic E-state index is 5.23. The third-order valence-corrected chi connectivity index (χ3v) is 3.35. The molecular weight excluding hydrogens is 304 g/mol. The lowest BCUT2D eigenvalue weighted by atomic mass is 10.0. The Morgan fingerprint density at radius 3 is 2.58 bits per heavy atom. The molecule has 0 aliphatic rings. The van der Waals surface area contributed by atoms with E-state index in [1.807, 2.05) is 24.3 Å². The number of methoxy groups -OCH3 is 1. The van der Waals surface area contributed by atoms with Crippen molar-refractivity contribution >= 4 is 26.7 Å². The summed E-state index contributed by atoms with van der Waals surface area (Å²) in [5.74, 6) is 0.866. The van der Waals surface area contributed by atoms with Crippen LogP contribution in [0.25, 0.3) is 22.0 Å². The molecule has 0 aliphatic carbocycles. The molecule has 0 saturated heterocycles. The number of ether oxygens (including phenoxy) is 1. The van der Waals surface area contributed by atoms with Crippen LogP contribution in [-0.4, -0.2) is 17.1 Å². The van der Waals surface area contributed by atoms with Gasteiger partial charge in [0.05, 0.1) is 12.8 Å². The fraction of sp³-hybridized carbons (Fsp3) is 0.0667. The molecule has 0 unspecified atom stereocenters. The average molecular weight is 315 g/mol. The van der Waals surface area contributed by atoms with Gasteiger partial charge >= 0.3 is 0 Å². The molecule has 3 aromatic rings. The van der Waals surface area contributed by atoms with Crippen molar-refractivity contribution in [3.63, 3.8) is 0 Å². The number of hydrogen-bond acceptors (Lipinski definition) is 3. The maximum Gasteiger partial charge on any atom is 0.197 e. The summed E-state index contributed by atoms with van der Waals surface area (Å²) in [6.45, 7) is 0. The Morgan fingerprint density at radius 1 is 1.00 bits per heavy atom. The molecule has 0 fully saturated rings. The van der Waals surface area contributed by atoms with E-state index in [0.29, 0.717) is 4.73 Å². The van der Waals surface area contributed by atoms with Crippen LogP contribution >= 0.6 is 15.9 Å². The highest BCUT2D eigenvalue weighted by Gasteiger charge is 2.03. The first-order chi connectivity index (χ1) is 9.26. The van der Waals surface area contributed by atoms with Crippen molar-refractivity contribution in [2.24, 2.45) is 0 Å². The van der Waals surface area contributed by atoms with E-state index >= 15 is 0 Å². The molecule has 0 saturated carbocycles. The van der Waals surface area contributed by atoms with E-state index in [0.717, 1.165) is 27.8 Å². The summed E-state index contributed by atoms with van der Waals surface area (Å²) in [6, 6.07) is 14.2. The standard InChI is InChI=1S/C15H11BrN2O/c1-19-13-5-4-10-8-12(3-2-11(10)9-13)14-6-7-17-15(16)18-14/h2-9H,1H3. The summed E-state index contributed by atoms with van der Waals surface area (Å²) in [5, 5.41) is 2.31. The van der Waals surface area contributed by atoms with Crippen molar-refractivity contribution < 1.29 is 4.74 Å². The third kappa shape index (κ3) is 2.44. The second-order valence-electron chi connectivity index (χ2n) is 4.14. The quantitative estimate of drug-likeness (QED) is 0.669. The van der Waals surface area contributed by atoms with E-state index in [1.54, 1.807) is 13.3 Å². The Balaban J connectivity index is 2.11. The van der Waals surface area contributed by atoms with Crippen LogP contribution < -0.4 is 4.74 Å². The minimum Gasteiger partial charge on any atom is -0.497 e. The van der Waals surface area contributed by atoms with Crippen molar-refractivity contribution in [1.29, 1.82) is 0 Å². The van der Waals surface area contributed by atoms with Crippen LogP contribution in [0.1, 0.15) is 0 Å². The first-order valence-electron chi connectivity index (χ1n) is 5.83. The van der Waals surface area contributed by atoms with Crippen molar-refractivity contribution in [1.82, 2.24) is 9.97 Å². The molecule has 0 radical (unpaired) electrons. The summed E-state index contributed by atoms with van der Waals surface area (Å²) in [5.41, 5.74) is 1.97. The van der Waals surface area contributed by atoms with Gasteiger partial charge in [0.1, 0.15) is 5.75 Å². The lowest BCUT2D eigenvalue weighted by Gasteiger charge is -2.05. The van der Waals surface area contributed by atoms with Crippen LogP contribution in [-0.2, 0) is 0 Å². The molecule has 0 amide bonds. The SMILES string of the molecule is COc1ccc2cc(-c3ccnc(Br)n3)ccc2c1. The smallest absolute Gasteiger partial charge is 0.197 e. The van der Waals surface area contributed by atoms with Gasteiger partial charge in [-0.15, -0.1) is 0 Å². The zero-order valence-electron chi connectivity index (χ0n) is 10.3. The molecular formula is C15H11BrN2O. The largest absolute Gasteiger partial charge is 0.497 e. The number of nitrogens with zero attached hydrogens (tertiary/aromatic N) is 2. The number of aromatic nitrogens is 2. The number of rotatable bonds is 2. The molecule has 94 valence electrons. The summed E-state index contributed by atoms with van der Waals surface area (Å²) in [7, 11) is 1.67. The maximum absolute atomic E-state index is 5.23. The monoisotopic (exact) mass is 314 g/mol. The van der Waals surface area contributed by atoms with Crippen LogP contribution in [0, 0.1) is 0 Å². The van der Waals surface area contributed by atoms with E-state index in [-0.39, 0.29) is 0 Å². The van der Waals surface area contributed by atoms with Gasteiger partial charge in [-0.25, -0.2) is 9.97 Å². The van der Waals surface area contributed by atoms with Gasteiger partial charge in [-0.05, 0) is 51.0 Å². The highest BCUT2D eigenvalue weighted by Crippen LogP contribution is 2.26. The van der Waals surface area contributed by atoms with Gasteiger partial charge in [0, 0.05) is 11.8 Å². The molecule has 3 nitrogen and oxygen atoms in total. The zero-order chi connectivity index (χ0) is 13.2. The van der Waals surface area contributed by atoms with Crippen LogP contribution in [0.2, 0.25) is 0 Å². The van der Waals surface area contributed by atoms with Gasteiger partial charge < -0.3 is 4.74 Å². The van der Waals surface area contributed by atoms with Gasteiger partial charge in [0.25, 0.3) is 0 Å². The van der Waals surface area contributed by atoms with Gasteiger partial charge in [0.2, 0.25) is 0 Å². The van der Waals surface area contributed by atoms with E-state index in [9.17, 15) is 0 Å². The van der Waals surface area contributed by atoms with Crippen molar-refractivity contribution in [3.05, 3.63) is 53.4 Å². The van der Waals surface area contributed by atoms with Gasteiger partial charge in [-0.3, -0.25) is 0 Å². The first kappa shape index (κ1) is 12.1. The van der Waals surface area contributed by atoms with Gasteiger partial charge in [-0.2, -0.15) is 0 Å². The summed E-state index contributed by atoms with van der Waals surface area (Å²) in [6.07, 6.45) is 1.74. The molecule has 0 bridgehead atoms. The lowest BCUT2D eigenvalue weighted by molar-refractivity contribution is 0.415. The van der Waals surface area contributed by atoms with Crippen molar-refractivity contribution in [2.75, 3.05) is 7.11 Å².